The summed E-state index contributed by atoms with van der Waals surface area (Å²) in [4.78, 5) is 0. The van der Waals surface area contributed by atoms with Gasteiger partial charge in [-0.2, -0.15) is 0 Å². The molecule has 4 nitrogen and oxygen atoms in total. The van der Waals surface area contributed by atoms with Crippen molar-refractivity contribution >= 4 is 0 Å². The standard InChI is InChI=1S/C17H31NO3/c1-13-6-3-4-7-15(13)11-20-12-16(19)10-18-14(2)17-8-5-9-21-17/h3-4,13-19H,5-12H2,1-2H3. The summed E-state index contributed by atoms with van der Waals surface area (Å²) in [7, 11) is 0. The number of rotatable bonds is 8. The maximum atomic E-state index is 9.99. The van der Waals surface area contributed by atoms with Crippen LogP contribution in [0.1, 0.15) is 39.5 Å². The van der Waals surface area contributed by atoms with E-state index < -0.39 is 6.10 Å². The normalized spacial score (nSPS) is 32.2. The SMILES string of the molecule is CC1CC=CCC1COCC(O)CNC(C)C1CCCO1. The Labute approximate surface area is 128 Å². The van der Waals surface area contributed by atoms with E-state index in [1.54, 1.807) is 0 Å². The third kappa shape index (κ3) is 5.70. The monoisotopic (exact) mass is 297 g/mol. The Morgan fingerprint density at radius 1 is 1.38 bits per heavy atom. The summed E-state index contributed by atoms with van der Waals surface area (Å²) in [5.74, 6) is 1.28. The Morgan fingerprint density at radius 2 is 2.19 bits per heavy atom. The zero-order valence-electron chi connectivity index (χ0n) is 13.5. The van der Waals surface area contributed by atoms with E-state index in [0.29, 0.717) is 37.1 Å². The van der Waals surface area contributed by atoms with Crippen LogP contribution in [0.3, 0.4) is 0 Å². The largest absolute Gasteiger partial charge is 0.389 e. The van der Waals surface area contributed by atoms with Gasteiger partial charge in [-0.15, -0.1) is 0 Å². The summed E-state index contributed by atoms with van der Waals surface area (Å²) in [5.41, 5.74) is 0. The van der Waals surface area contributed by atoms with Crippen molar-refractivity contribution in [3.05, 3.63) is 12.2 Å². The fourth-order valence-electron chi connectivity index (χ4n) is 3.10. The van der Waals surface area contributed by atoms with Crippen molar-refractivity contribution in [2.75, 3.05) is 26.4 Å². The van der Waals surface area contributed by atoms with E-state index in [4.69, 9.17) is 9.47 Å². The Kier molecular flexibility index (Phi) is 7.17. The molecule has 0 aromatic carbocycles. The first-order valence-corrected chi connectivity index (χ1v) is 8.42. The van der Waals surface area contributed by atoms with Crippen LogP contribution in [-0.2, 0) is 9.47 Å². The third-order valence-corrected chi connectivity index (χ3v) is 4.76. The van der Waals surface area contributed by atoms with Gasteiger partial charge in [0.15, 0.2) is 0 Å². The summed E-state index contributed by atoms with van der Waals surface area (Å²) in [6.45, 7) is 7.01. The van der Waals surface area contributed by atoms with Crippen molar-refractivity contribution in [2.45, 2.75) is 57.8 Å². The number of nitrogens with one attached hydrogen (secondary N) is 1. The highest BCUT2D eigenvalue weighted by atomic mass is 16.5. The number of aliphatic hydroxyl groups is 1. The van der Waals surface area contributed by atoms with E-state index in [0.717, 1.165) is 38.9 Å². The van der Waals surface area contributed by atoms with Gasteiger partial charge in [-0.1, -0.05) is 19.1 Å². The minimum absolute atomic E-state index is 0.297. The molecular formula is C17H31NO3. The van der Waals surface area contributed by atoms with E-state index in [9.17, 15) is 5.11 Å². The molecule has 5 unspecified atom stereocenters. The van der Waals surface area contributed by atoms with Crippen LogP contribution in [0.25, 0.3) is 0 Å². The van der Waals surface area contributed by atoms with Crippen LogP contribution in [0, 0.1) is 11.8 Å². The molecular weight excluding hydrogens is 266 g/mol. The molecule has 5 atom stereocenters. The van der Waals surface area contributed by atoms with Crippen LogP contribution < -0.4 is 5.32 Å². The van der Waals surface area contributed by atoms with Crippen molar-refractivity contribution in [1.29, 1.82) is 0 Å². The molecule has 2 aliphatic rings. The lowest BCUT2D eigenvalue weighted by atomic mass is 9.85. The Hall–Kier alpha value is -0.420. The Bertz CT molecular complexity index is 315. The molecule has 2 N–H and O–H groups in total. The molecule has 1 aliphatic carbocycles. The highest BCUT2D eigenvalue weighted by Crippen LogP contribution is 2.25. The smallest absolute Gasteiger partial charge is 0.0897 e. The lowest BCUT2D eigenvalue weighted by Crippen LogP contribution is -2.42. The van der Waals surface area contributed by atoms with Crippen LogP contribution in [0.4, 0.5) is 0 Å². The molecule has 4 heteroatoms. The van der Waals surface area contributed by atoms with E-state index in [1.807, 2.05) is 0 Å². The van der Waals surface area contributed by atoms with Crippen molar-refractivity contribution in [2.24, 2.45) is 11.8 Å². The number of aliphatic hydroxyl groups excluding tert-OH is 1. The van der Waals surface area contributed by atoms with Gasteiger partial charge in [0.25, 0.3) is 0 Å². The molecule has 0 bridgehead atoms. The van der Waals surface area contributed by atoms with Crippen molar-refractivity contribution < 1.29 is 14.6 Å². The maximum Gasteiger partial charge on any atom is 0.0897 e. The number of hydrogen-bond acceptors (Lipinski definition) is 4. The molecule has 0 amide bonds. The Balaban J connectivity index is 1.54. The van der Waals surface area contributed by atoms with E-state index >= 15 is 0 Å². The first-order chi connectivity index (χ1) is 10.2. The first-order valence-electron chi connectivity index (χ1n) is 8.42. The predicted octanol–water partition coefficient (Wildman–Crippen LogP) is 2.12. The van der Waals surface area contributed by atoms with Crippen molar-refractivity contribution in [3.63, 3.8) is 0 Å². The minimum Gasteiger partial charge on any atom is -0.389 e. The van der Waals surface area contributed by atoms with Gasteiger partial charge >= 0.3 is 0 Å². The number of ether oxygens (including phenoxy) is 2. The van der Waals surface area contributed by atoms with Crippen LogP contribution in [0.5, 0.6) is 0 Å². The molecule has 122 valence electrons. The quantitative estimate of drug-likeness (QED) is 0.674. The van der Waals surface area contributed by atoms with E-state index in [2.05, 4.69) is 31.3 Å². The van der Waals surface area contributed by atoms with Gasteiger partial charge in [0.05, 0.1) is 25.4 Å². The van der Waals surface area contributed by atoms with Crippen molar-refractivity contribution in [1.82, 2.24) is 5.32 Å². The molecule has 2 rings (SSSR count). The van der Waals surface area contributed by atoms with Gasteiger partial charge in [-0.05, 0) is 44.4 Å². The molecule has 1 saturated heterocycles. The van der Waals surface area contributed by atoms with E-state index in [-0.39, 0.29) is 0 Å². The second-order valence-corrected chi connectivity index (χ2v) is 6.62. The molecule has 1 heterocycles. The zero-order chi connectivity index (χ0) is 15.1. The predicted molar refractivity (Wildman–Crippen MR) is 84.3 cm³/mol. The first kappa shape index (κ1) is 16.9. The molecule has 21 heavy (non-hydrogen) atoms. The average Bonchev–Trinajstić information content (AvgIpc) is 3.01. The second-order valence-electron chi connectivity index (χ2n) is 6.62. The average molecular weight is 297 g/mol. The minimum atomic E-state index is -0.441. The van der Waals surface area contributed by atoms with Crippen LogP contribution >= 0.6 is 0 Å². The molecule has 0 radical (unpaired) electrons. The Morgan fingerprint density at radius 3 is 2.90 bits per heavy atom. The van der Waals surface area contributed by atoms with Crippen LogP contribution in [-0.4, -0.2) is 49.7 Å². The number of hydrogen-bond donors (Lipinski definition) is 2. The van der Waals surface area contributed by atoms with Crippen LogP contribution in [0.15, 0.2) is 12.2 Å². The summed E-state index contributed by atoms with van der Waals surface area (Å²) in [5, 5.41) is 13.3. The summed E-state index contributed by atoms with van der Waals surface area (Å²) < 4.78 is 11.3. The molecule has 1 fully saturated rings. The van der Waals surface area contributed by atoms with Gasteiger partial charge in [0.1, 0.15) is 0 Å². The van der Waals surface area contributed by atoms with Crippen molar-refractivity contribution in [3.8, 4) is 0 Å². The topological polar surface area (TPSA) is 50.7 Å². The summed E-state index contributed by atoms with van der Waals surface area (Å²) in [6.07, 6.45) is 8.88. The second kappa shape index (κ2) is 8.89. The lowest BCUT2D eigenvalue weighted by molar-refractivity contribution is 0.00866. The van der Waals surface area contributed by atoms with Gasteiger partial charge < -0.3 is 19.9 Å². The van der Waals surface area contributed by atoms with Gasteiger partial charge in [-0.25, -0.2) is 0 Å². The van der Waals surface area contributed by atoms with E-state index in [1.165, 1.54) is 0 Å². The highest BCUT2D eigenvalue weighted by molar-refractivity contribution is 4.93. The lowest BCUT2D eigenvalue weighted by Gasteiger charge is -2.26. The molecule has 0 saturated carbocycles. The number of allylic oxidation sites excluding steroid dienone is 2. The van der Waals surface area contributed by atoms with Gasteiger partial charge in [0, 0.05) is 19.2 Å². The van der Waals surface area contributed by atoms with Gasteiger partial charge in [0.2, 0.25) is 0 Å². The highest BCUT2D eigenvalue weighted by Gasteiger charge is 2.23. The van der Waals surface area contributed by atoms with Gasteiger partial charge in [-0.3, -0.25) is 0 Å². The molecule has 1 aliphatic heterocycles. The molecule has 0 aromatic heterocycles. The molecule has 0 aromatic rings. The fraction of sp³-hybridized carbons (Fsp3) is 0.882. The zero-order valence-corrected chi connectivity index (χ0v) is 13.5. The fourth-order valence-corrected chi connectivity index (χ4v) is 3.10. The third-order valence-electron chi connectivity index (χ3n) is 4.76. The van der Waals surface area contributed by atoms with Crippen LogP contribution in [0.2, 0.25) is 0 Å². The maximum absolute atomic E-state index is 9.99. The summed E-state index contributed by atoms with van der Waals surface area (Å²) >= 11 is 0. The summed E-state index contributed by atoms with van der Waals surface area (Å²) in [6, 6.07) is 0.297. The molecule has 0 spiro atoms.